The Labute approximate surface area is 120 Å². The Morgan fingerprint density at radius 3 is 2.74 bits per heavy atom. The highest BCUT2D eigenvalue weighted by atomic mass is 32.2. The lowest BCUT2D eigenvalue weighted by molar-refractivity contribution is 0.305. The lowest BCUT2D eigenvalue weighted by Gasteiger charge is -2.19. The third-order valence-electron chi connectivity index (χ3n) is 3.63. The summed E-state index contributed by atoms with van der Waals surface area (Å²) in [7, 11) is -0.952. The lowest BCUT2D eigenvalue weighted by Crippen LogP contribution is -2.25. The number of sulfone groups is 1. The molecular formula is C14H21NO2S2. The van der Waals surface area contributed by atoms with Gasteiger partial charge in [0.1, 0.15) is 0 Å². The third kappa shape index (κ3) is 3.97. The fourth-order valence-corrected chi connectivity index (χ4v) is 4.91. The van der Waals surface area contributed by atoms with Gasteiger partial charge in [-0.15, -0.1) is 11.8 Å². The topological polar surface area (TPSA) is 37.4 Å². The highest BCUT2D eigenvalue weighted by molar-refractivity contribution is 8.00. The summed E-state index contributed by atoms with van der Waals surface area (Å²) in [5, 5.41) is 0. The fraction of sp³-hybridized carbons (Fsp3) is 0.571. The Balaban J connectivity index is 1.96. The first-order chi connectivity index (χ1) is 8.98. The summed E-state index contributed by atoms with van der Waals surface area (Å²) < 4.78 is 23.4. The Kier molecular flexibility index (Phi) is 4.92. The molecule has 1 aromatic rings. The van der Waals surface area contributed by atoms with Gasteiger partial charge in [0, 0.05) is 17.2 Å². The molecule has 0 aromatic heterocycles. The number of nitrogens with zero attached hydrogens (tertiary/aromatic N) is 1. The summed E-state index contributed by atoms with van der Waals surface area (Å²) in [6.07, 6.45) is 4.95. The minimum atomic E-state index is -3.12. The average Bonchev–Trinajstić information content (AvgIpc) is 2.75. The van der Waals surface area contributed by atoms with Crippen LogP contribution in [0.25, 0.3) is 0 Å². The second kappa shape index (κ2) is 6.29. The van der Waals surface area contributed by atoms with Crippen LogP contribution in [0.4, 0.5) is 0 Å². The largest absolute Gasteiger partial charge is 0.303 e. The van der Waals surface area contributed by atoms with Gasteiger partial charge in [0.15, 0.2) is 9.84 Å². The number of rotatable bonds is 5. The van der Waals surface area contributed by atoms with Crippen molar-refractivity contribution in [2.24, 2.45) is 0 Å². The van der Waals surface area contributed by atoms with Gasteiger partial charge in [-0.1, -0.05) is 12.1 Å². The first-order valence-corrected chi connectivity index (χ1v) is 9.48. The zero-order chi connectivity index (χ0) is 13.9. The molecular weight excluding hydrogens is 278 g/mol. The number of hydrogen-bond donors (Lipinski definition) is 0. The second-order valence-corrected chi connectivity index (χ2v) is 8.25. The van der Waals surface area contributed by atoms with Crippen LogP contribution in [0.3, 0.4) is 0 Å². The number of benzene rings is 1. The van der Waals surface area contributed by atoms with Crippen molar-refractivity contribution in [2.45, 2.75) is 35.1 Å². The molecule has 106 valence electrons. The maximum Gasteiger partial charge on any atom is 0.176 e. The number of thioether (sulfide) groups is 1. The molecule has 2 rings (SSSR count). The van der Waals surface area contributed by atoms with Crippen LogP contribution in [0, 0.1) is 0 Å². The van der Waals surface area contributed by atoms with Gasteiger partial charge < -0.3 is 4.90 Å². The van der Waals surface area contributed by atoms with Gasteiger partial charge in [-0.25, -0.2) is 8.42 Å². The van der Waals surface area contributed by atoms with Crippen molar-refractivity contribution in [3.05, 3.63) is 24.3 Å². The summed E-state index contributed by atoms with van der Waals surface area (Å²) in [4.78, 5) is 3.74. The van der Waals surface area contributed by atoms with E-state index in [1.807, 2.05) is 12.1 Å². The van der Waals surface area contributed by atoms with Gasteiger partial charge in [-0.3, -0.25) is 0 Å². The van der Waals surface area contributed by atoms with E-state index in [1.165, 1.54) is 25.6 Å². The quantitative estimate of drug-likeness (QED) is 0.783. The fourth-order valence-electron chi connectivity index (χ4n) is 2.52. The third-order valence-corrected chi connectivity index (χ3v) is 6.02. The highest BCUT2D eigenvalue weighted by Gasteiger charge is 2.20. The van der Waals surface area contributed by atoms with Gasteiger partial charge in [0.05, 0.1) is 4.90 Å². The molecule has 1 saturated heterocycles. The van der Waals surface area contributed by atoms with E-state index in [0.29, 0.717) is 10.9 Å². The number of likely N-dealkylation sites (tertiary alicyclic amines) is 1. The minimum Gasteiger partial charge on any atom is -0.303 e. The Bertz CT molecular complexity index is 528. The predicted octanol–water partition coefficient (Wildman–Crippen LogP) is 2.67. The Morgan fingerprint density at radius 2 is 2.11 bits per heavy atom. The molecule has 1 aliphatic heterocycles. The van der Waals surface area contributed by atoms with Crippen LogP contribution in [-0.2, 0) is 9.84 Å². The predicted molar refractivity (Wildman–Crippen MR) is 80.5 cm³/mol. The molecule has 0 bridgehead atoms. The highest BCUT2D eigenvalue weighted by Crippen LogP contribution is 2.28. The van der Waals surface area contributed by atoms with Crippen molar-refractivity contribution >= 4 is 21.6 Å². The Morgan fingerprint density at radius 1 is 1.37 bits per heavy atom. The first kappa shape index (κ1) is 14.9. The van der Waals surface area contributed by atoms with Crippen molar-refractivity contribution < 1.29 is 8.42 Å². The van der Waals surface area contributed by atoms with Gasteiger partial charge in [-0.2, -0.15) is 0 Å². The second-order valence-electron chi connectivity index (χ2n) is 5.13. The van der Waals surface area contributed by atoms with Crippen molar-refractivity contribution in [1.29, 1.82) is 0 Å². The monoisotopic (exact) mass is 299 g/mol. The van der Waals surface area contributed by atoms with Crippen LogP contribution < -0.4 is 0 Å². The molecule has 0 N–H and O–H groups in total. The molecule has 1 aromatic carbocycles. The van der Waals surface area contributed by atoms with E-state index in [4.69, 9.17) is 0 Å². The van der Waals surface area contributed by atoms with Crippen LogP contribution >= 0.6 is 11.8 Å². The van der Waals surface area contributed by atoms with Gasteiger partial charge in [-0.05, 0) is 50.7 Å². The smallest absolute Gasteiger partial charge is 0.176 e. The van der Waals surface area contributed by atoms with Crippen LogP contribution in [0.5, 0.6) is 0 Å². The molecule has 1 aliphatic rings. The molecule has 0 aliphatic carbocycles. The zero-order valence-corrected chi connectivity index (χ0v) is 13.1. The first-order valence-electron chi connectivity index (χ1n) is 6.60. The van der Waals surface area contributed by atoms with Crippen molar-refractivity contribution in [2.75, 3.05) is 25.6 Å². The van der Waals surface area contributed by atoms with E-state index in [1.54, 1.807) is 23.9 Å². The summed E-state index contributed by atoms with van der Waals surface area (Å²) in [6, 6.07) is 7.95. The Hall–Kier alpha value is -0.520. The van der Waals surface area contributed by atoms with Crippen LogP contribution in [0.15, 0.2) is 34.1 Å². The minimum absolute atomic E-state index is 0.458. The molecule has 1 atom stereocenters. The SMILES string of the molecule is CN1CCCC1CCSc1ccccc1S(C)(=O)=O. The maximum absolute atomic E-state index is 11.7. The summed E-state index contributed by atoms with van der Waals surface area (Å²) in [6.45, 7) is 1.19. The standard InChI is InChI=1S/C14H21NO2S2/c1-15-10-5-6-12(15)9-11-18-13-7-3-4-8-14(13)19(2,16)17/h3-4,7-8,12H,5-6,9-11H2,1-2H3. The van der Waals surface area contributed by atoms with E-state index < -0.39 is 9.84 Å². The van der Waals surface area contributed by atoms with Gasteiger partial charge in [0.2, 0.25) is 0 Å². The average molecular weight is 299 g/mol. The van der Waals surface area contributed by atoms with E-state index in [-0.39, 0.29) is 0 Å². The molecule has 5 heteroatoms. The van der Waals surface area contributed by atoms with Gasteiger partial charge >= 0.3 is 0 Å². The van der Waals surface area contributed by atoms with Crippen molar-refractivity contribution in [3.63, 3.8) is 0 Å². The lowest BCUT2D eigenvalue weighted by atomic mass is 10.2. The maximum atomic E-state index is 11.7. The molecule has 0 spiro atoms. The van der Waals surface area contributed by atoms with E-state index in [2.05, 4.69) is 11.9 Å². The van der Waals surface area contributed by atoms with Crippen molar-refractivity contribution in [3.8, 4) is 0 Å². The summed E-state index contributed by atoms with van der Waals surface area (Å²) in [5.74, 6) is 0.974. The van der Waals surface area contributed by atoms with Gasteiger partial charge in [0.25, 0.3) is 0 Å². The molecule has 1 fully saturated rings. The molecule has 0 amide bonds. The molecule has 0 radical (unpaired) electrons. The molecule has 19 heavy (non-hydrogen) atoms. The number of hydrogen-bond acceptors (Lipinski definition) is 4. The van der Waals surface area contributed by atoms with E-state index in [9.17, 15) is 8.42 Å². The van der Waals surface area contributed by atoms with E-state index >= 15 is 0 Å². The molecule has 3 nitrogen and oxygen atoms in total. The van der Waals surface area contributed by atoms with Crippen LogP contribution in [-0.4, -0.2) is 45.0 Å². The molecule has 0 saturated carbocycles. The summed E-state index contributed by atoms with van der Waals surface area (Å²) in [5.41, 5.74) is 0. The summed E-state index contributed by atoms with van der Waals surface area (Å²) >= 11 is 1.66. The normalized spacial score (nSPS) is 20.8. The zero-order valence-electron chi connectivity index (χ0n) is 11.5. The van der Waals surface area contributed by atoms with Crippen molar-refractivity contribution in [1.82, 2.24) is 4.90 Å². The van der Waals surface area contributed by atoms with Crippen LogP contribution in [0.1, 0.15) is 19.3 Å². The molecule has 1 heterocycles. The van der Waals surface area contributed by atoms with Crippen LogP contribution in [0.2, 0.25) is 0 Å². The van der Waals surface area contributed by atoms with E-state index in [0.717, 1.165) is 17.1 Å². The molecule has 1 unspecified atom stereocenters.